The summed E-state index contributed by atoms with van der Waals surface area (Å²) >= 11 is 12.5. The number of carboxylic acids is 1. The summed E-state index contributed by atoms with van der Waals surface area (Å²) in [5.41, 5.74) is 1.52. The Morgan fingerprint density at radius 1 is 1.23 bits per heavy atom. The monoisotopic (exact) mass is 484 g/mol. The SMILES string of the molecule is Cc1ncc([N+](=O)[O-])n1CCC(C(=O)O)c1ccccc1Nc1c(Cl)cccc1Cl.Cl. The van der Waals surface area contributed by atoms with Gasteiger partial charge in [0, 0.05) is 19.0 Å². The number of carboxylic acid groups (broad SMARTS) is 1. The summed E-state index contributed by atoms with van der Waals surface area (Å²) in [6.45, 7) is 1.76. The Morgan fingerprint density at radius 3 is 2.48 bits per heavy atom. The Balaban J connectivity index is 0.00000341. The van der Waals surface area contributed by atoms with E-state index >= 15 is 0 Å². The van der Waals surface area contributed by atoms with Crippen LogP contribution in [0.3, 0.4) is 0 Å². The number of anilines is 2. The van der Waals surface area contributed by atoms with Crippen LogP contribution in [0.15, 0.2) is 48.7 Å². The molecule has 1 atom stereocenters. The first-order chi connectivity index (χ1) is 14.3. The molecule has 0 spiro atoms. The molecular weight excluding hydrogens is 467 g/mol. The van der Waals surface area contributed by atoms with E-state index in [1.807, 2.05) is 0 Å². The van der Waals surface area contributed by atoms with Gasteiger partial charge in [-0.05, 0) is 28.7 Å². The Bertz CT molecular complexity index is 1080. The fraction of sp³-hybridized carbons (Fsp3) is 0.200. The van der Waals surface area contributed by atoms with E-state index in [1.165, 1.54) is 10.8 Å². The number of aliphatic carboxylic acids is 1. The molecule has 0 aliphatic carbocycles. The van der Waals surface area contributed by atoms with Gasteiger partial charge in [-0.3, -0.25) is 4.79 Å². The summed E-state index contributed by atoms with van der Waals surface area (Å²) < 4.78 is 1.40. The summed E-state index contributed by atoms with van der Waals surface area (Å²) in [4.78, 5) is 26.7. The van der Waals surface area contributed by atoms with Gasteiger partial charge < -0.3 is 20.5 Å². The predicted octanol–water partition coefficient (Wildman–Crippen LogP) is 5.83. The minimum atomic E-state index is -1.05. The number of para-hydroxylation sites is 2. The first kappa shape index (κ1) is 24.5. The highest BCUT2D eigenvalue weighted by Gasteiger charge is 2.26. The molecule has 3 aromatic rings. The summed E-state index contributed by atoms with van der Waals surface area (Å²) in [5, 5.41) is 25.0. The van der Waals surface area contributed by atoms with Crippen molar-refractivity contribution in [2.45, 2.75) is 25.8 Å². The Labute approximate surface area is 194 Å². The van der Waals surface area contributed by atoms with Crippen molar-refractivity contribution in [3.05, 3.63) is 80.2 Å². The molecule has 0 aliphatic heterocycles. The zero-order valence-corrected chi connectivity index (χ0v) is 18.6. The average molecular weight is 486 g/mol. The fourth-order valence-electron chi connectivity index (χ4n) is 3.22. The number of nitrogens with zero attached hydrogens (tertiary/aromatic N) is 3. The third-order valence-electron chi connectivity index (χ3n) is 4.72. The van der Waals surface area contributed by atoms with Crippen molar-refractivity contribution in [2.75, 3.05) is 5.32 Å². The molecule has 0 fully saturated rings. The molecule has 2 N–H and O–H groups in total. The minimum Gasteiger partial charge on any atom is -0.481 e. The molecule has 8 nitrogen and oxygen atoms in total. The molecule has 1 aromatic heterocycles. The van der Waals surface area contributed by atoms with Crippen molar-refractivity contribution < 1.29 is 14.8 Å². The lowest BCUT2D eigenvalue weighted by atomic mass is 9.94. The standard InChI is InChI=1S/C20H18Cl2N4O4.ClH/c1-12-23-11-18(26(29)30)25(12)10-9-14(20(27)28)13-5-2-3-8-17(13)24-19-15(21)6-4-7-16(19)22;/h2-8,11,14,24H,9-10H2,1H3,(H,27,28);1H. The van der Waals surface area contributed by atoms with Crippen LogP contribution in [0.1, 0.15) is 23.7 Å². The molecule has 31 heavy (non-hydrogen) atoms. The second-order valence-electron chi connectivity index (χ2n) is 6.56. The van der Waals surface area contributed by atoms with Gasteiger partial charge >= 0.3 is 11.8 Å². The number of halogens is 3. The highest BCUT2D eigenvalue weighted by Crippen LogP contribution is 2.36. The van der Waals surface area contributed by atoms with Gasteiger partial charge in [0.05, 0.1) is 28.2 Å². The average Bonchev–Trinajstić information content (AvgIpc) is 3.06. The molecule has 0 radical (unpaired) electrons. The van der Waals surface area contributed by atoms with Crippen molar-refractivity contribution >= 4 is 58.8 Å². The normalized spacial score (nSPS) is 11.5. The lowest BCUT2D eigenvalue weighted by molar-refractivity contribution is -0.392. The van der Waals surface area contributed by atoms with Crippen LogP contribution in [-0.2, 0) is 11.3 Å². The highest BCUT2D eigenvalue weighted by molar-refractivity contribution is 6.39. The maximum Gasteiger partial charge on any atom is 0.342 e. The van der Waals surface area contributed by atoms with E-state index in [0.717, 1.165) is 0 Å². The molecule has 0 saturated heterocycles. The quantitative estimate of drug-likeness (QED) is 0.307. The van der Waals surface area contributed by atoms with Crippen molar-refractivity contribution in [1.82, 2.24) is 9.55 Å². The summed E-state index contributed by atoms with van der Waals surface area (Å²) in [7, 11) is 0. The smallest absolute Gasteiger partial charge is 0.342 e. The van der Waals surface area contributed by atoms with Crippen LogP contribution in [0.25, 0.3) is 0 Å². The lowest BCUT2D eigenvalue weighted by Gasteiger charge is -2.19. The third-order valence-corrected chi connectivity index (χ3v) is 5.35. The van der Waals surface area contributed by atoms with Crippen LogP contribution >= 0.6 is 35.6 Å². The number of imidazole rings is 1. The Morgan fingerprint density at radius 2 is 1.87 bits per heavy atom. The van der Waals surface area contributed by atoms with Crippen molar-refractivity contribution in [2.24, 2.45) is 0 Å². The third kappa shape index (κ3) is 5.46. The van der Waals surface area contributed by atoms with E-state index in [-0.39, 0.29) is 31.2 Å². The van der Waals surface area contributed by atoms with E-state index in [0.29, 0.717) is 32.8 Å². The molecule has 0 saturated carbocycles. The van der Waals surface area contributed by atoms with Gasteiger partial charge in [0.15, 0.2) is 5.82 Å². The number of carbonyl (C=O) groups is 1. The summed E-state index contributed by atoms with van der Waals surface area (Å²) in [6.07, 6.45) is 1.29. The lowest BCUT2D eigenvalue weighted by Crippen LogP contribution is -2.17. The van der Waals surface area contributed by atoms with E-state index in [1.54, 1.807) is 49.4 Å². The highest BCUT2D eigenvalue weighted by atomic mass is 35.5. The largest absolute Gasteiger partial charge is 0.481 e. The van der Waals surface area contributed by atoms with E-state index in [4.69, 9.17) is 23.2 Å². The van der Waals surface area contributed by atoms with Crippen LogP contribution in [-0.4, -0.2) is 25.6 Å². The Hall–Kier alpha value is -2.81. The van der Waals surface area contributed by atoms with E-state index in [9.17, 15) is 20.0 Å². The Kier molecular flexibility index (Phi) is 8.27. The van der Waals surface area contributed by atoms with Crippen molar-refractivity contribution in [3.63, 3.8) is 0 Å². The first-order valence-corrected chi connectivity index (χ1v) is 9.74. The number of nitrogens with one attached hydrogen (secondary N) is 1. The molecule has 11 heteroatoms. The van der Waals surface area contributed by atoms with Crippen LogP contribution in [0.5, 0.6) is 0 Å². The second-order valence-corrected chi connectivity index (χ2v) is 7.38. The van der Waals surface area contributed by atoms with Crippen molar-refractivity contribution in [3.8, 4) is 0 Å². The van der Waals surface area contributed by atoms with Gasteiger partial charge in [-0.25, -0.2) is 9.55 Å². The predicted molar refractivity (Wildman–Crippen MR) is 122 cm³/mol. The number of rotatable bonds is 8. The summed E-state index contributed by atoms with van der Waals surface area (Å²) in [5.74, 6) is -1.70. The van der Waals surface area contributed by atoms with Gasteiger partial charge in [0.2, 0.25) is 0 Å². The second kappa shape index (κ2) is 10.5. The van der Waals surface area contributed by atoms with Gasteiger partial charge in [-0.1, -0.05) is 47.5 Å². The fourth-order valence-corrected chi connectivity index (χ4v) is 3.71. The molecule has 0 aliphatic rings. The number of hydrogen-bond donors (Lipinski definition) is 2. The molecule has 0 bridgehead atoms. The first-order valence-electron chi connectivity index (χ1n) is 8.99. The number of aromatic nitrogens is 2. The molecule has 3 rings (SSSR count). The maximum atomic E-state index is 12.1. The number of hydrogen-bond acceptors (Lipinski definition) is 5. The van der Waals surface area contributed by atoms with Crippen LogP contribution in [0, 0.1) is 17.0 Å². The zero-order valence-electron chi connectivity index (χ0n) is 16.3. The van der Waals surface area contributed by atoms with Gasteiger partial charge in [-0.2, -0.15) is 0 Å². The number of nitro groups is 1. The van der Waals surface area contributed by atoms with Gasteiger partial charge in [0.1, 0.15) is 6.20 Å². The maximum absolute atomic E-state index is 12.1. The number of aryl methyl sites for hydroxylation is 1. The van der Waals surface area contributed by atoms with E-state index < -0.39 is 16.8 Å². The molecule has 2 aromatic carbocycles. The molecule has 1 unspecified atom stereocenters. The van der Waals surface area contributed by atoms with Crippen LogP contribution in [0.2, 0.25) is 10.0 Å². The molecule has 1 heterocycles. The molecular formula is C20H19Cl3N4O4. The molecule has 0 amide bonds. The number of benzene rings is 2. The molecule has 164 valence electrons. The van der Waals surface area contributed by atoms with Crippen LogP contribution < -0.4 is 5.32 Å². The van der Waals surface area contributed by atoms with Crippen LogP contribution in [0.4, 0.5) is 17.2 Å². The van der Waals surface area contributed by atoms with Crippen molar-refractivity contribution in [1.29, 1.82) is 0 Å². The summed E-state index contributed by atoms with van der Waals surface area (Å²) in [6, 6.07) is 12.0. The van der Waals surface area contributed by atoms with E-state index in [2.05, 4.69) is 10.3 Å². The van der Waals surface area contributed by atoms with Gasteiger partial charge in [-0.15, -0.1) is 12.4 Å². The van der Waals surface area contributed by atoms with Gasteiger partial charge in [0.25, 0.3) is 0 Å². The topological polar surface area (TPSA) is 110 Å². The zero-order chi connectivity index (χ0) is 21.8. The minimum absolute atomic E-state index is 0.